The van der Waals surface area contributed by atoms with Crippen molar-refractivity contribution in [2.45, 2.75) is 52.1 Å². The molecule has 154 valence electrons. The van der Waals surface area contributed by atoms with Gasteiger partial charge in [0.25, 0.3) is 0 Å². The molecule has 1 aromatic heterocycles. The molecule has 3 aromatic rings. The minimum Gasteiger partial charge on any atom is -0.454 e. The first kappa shape index (κ1) is 20.0. The lowest BCUT2D eigenvalue weighted by Crippen LogP contribution is -2.24. The molecule has 30 heavy (non-hydrogen) atoms. The van der Waals surface area contributed by atoms with Gasteiger partial charge in [-0.1, -0.05) is 47.1 Å². The molecule has 0 amide bonds. The number of ether oxygens (including phenoxy) is 1. The van der Waals surface area contributed by atoms with Crippen molar-refractivity contribution >= 4 is 11.8 Å². The maximum atomic E-state index is 12.6. The summed E-state index contributed by atoms with van der Waals surface area (Å²) in [6.07, 6.45) is 2.69. The van der Waals surface area contributed by atoms with E-state index >= 15 is 0 Å². The Kier molecular flexibility index (Phi) is 5.74. The van der Waals surface area contributed by atoms with Gasteiger partial charge in [-0.05, 0) is 50.3 Å². The molecule has 1 heterocycles. The van der Waals surface area contributed by atoms with Gasteiger partial charge in [-0.25, -0.2) is 0 Å². The minimum atomic E-state index is -0.831. The topological polar surface area (TPSA) is 82.3 Å². The van der Waals surface area contributed by atoms with Crippen LogP contribution in [0.3, 0.4) is 0 Å². The lowest BCUT2D eigenvalue weighted by atomic mass is 10.0. The summed E-state index contributed by atoms with van der Waals surface area (Å²) in [6, 6.07) is 13.5. The van der Waals surface area contributed by atoms with Crippen molar-refractivity contribution in [1.82, 2.24) is 10.1 Å². The van der Waals surface area contributed by atoms with E-state index in [1.165, 1.54) is 11.1 Å². The zero-order valence-electron chi connectivity index (χ0n) is 17.2. The van der Waals surface area contributed by atoms with Crippen LogP contribution in [0.15, 0.2) is 47.0 Å². The highest BCUT2D eigenvalue weighted by atomic mass is 16.5. The maximum absolute atomic E-state index is 12.6. The highest BCUT2D eigenvalue weighted by Crippen LogP contribution is 2.24. The summed E-state index contributed by atoms with van der Waals surface area (Å²) in [4.78, 5) is 29.1. The van der Waals surface area contributed by atoms with E-state index in [-0.39, 0.29) is 18.6 Å². The minimum absolute atomic E-state index is 0.0668. The molecule has 0 N–H and O–H groups in total. The molecule has 0 fully saturated rings. The van der Waals surface area contributed by atoms with Gasteiger partial charge in [0.2, 0.25) is 17.5 Å². The van der Waals surface area contributed by atoms with Crippen LogP contribution in [0, 0.1) is 6.92 Å². The Morgan fingerprint density at radius 1 is 1.10 bits per heavy atom. The van der Waals surface area contributed by atoms with E-state index in [0.29, 0.717) is 17.3 Å². The van der Waals surface area contributed by atoms with Gasteiger partial charge in [0.1, 0.15) is 0 Å². The van der Waals surface area contributed by atoms with Crippen LogP contribution in [0.2, 0.25) is 0 Å². The quantitative estimate of drug-likeness (QED) is 0.432. The molecule has 2 aromatic carbocycles. The molecule has 1 aliphatic rings. The summed E-state index contributed by atoms with van der Waals surface area (Å²) >= 11 is 0. The number of aryl methyl sites for hydroxylation is 4. The number of fused-ring (bicyclic) bond motifs is 1. The summed E-state index contributed by atoms with van der Waals surface area (Å²) in [6.45, 7) is 3.61. The average Bonchev–Trinajstić information content (AvgIpc) is 3.41. The molecule has 1 atom stereocenters. The molecule has 0 saturated carbocycles. The van der Waals surface area contributed by atoms with Crippen molar-refractivity contribution in [3.05, 3.63) is 70.6 Å². The van der Waals surface area contributed by atoms with Crippen molar-refractivity contribution in [1.29, 1.82) is 0 Å². The predicted octanol–water partition coefficient (Wildman–Crippen LogP) is 4.28. The second-order valence-corrected chi connectivity index (χ2v) is 7.71. The van der Waals surface area contributed by atoms with Crippen LogP contribution in [0.25, 0.3) is 11.4 Å². The number of benzene rings is 2. The number of hydrogen-bond acceptors (Lipinski definition) is 6. The fourth-order valence-electron chi connectivity index (χ4n) is 3.65. The van der Waals surface area contributed by atoms with Crippen LogP contribution < -0.4 is 0 Å². The summed E-state index contributed by atoms with van der Waals surface area (Å²) in [7, 11) is 0. The maximum Gasteiger partial charge on any atom is 0.307 e. The smallest absolute Gasteiger partial charge is 0.307 e. The van der Waals surface area contributed by atoms with E-state index in [1.807, 2.05) is 49.4 Å². The van der Waals surface area contributed by atoms with Gasteiger partial charge >= 0.3 is 5.97 Å². The van der Waals surface area contributed by atoms with E-state index in [9.17, 15) is 9.59 Å². The number of ketones is 1. The molecule has 0 saturated heterocycles. The third-order valence-electron chi connectivity index (χ3n) is 5.38. The van der Waals surface area contributed by atoms with E-state index < -0.39 is 12.1 Å². The number of carbonyl (C=O) groups excluding carboxylic acids is 2. The Labute approximate surface area is 175 Å². The second kappa shape index (κ2) is 8.61. The van der Waals surface area contributed by atoms with Crippen molar-refractivity contribution in [3.8, 4) is 11.4 Å². The zero-order valence-corrected chi connectivity index (χ0v) is 17.2. The van der Waals surface area contributed by atoms with Crippen LogP contribution in [0.5, 0.6) is 0 Å². The molecular formula is C24H24N2O4. The fourth-order valence-corrected chi connectivity index (χ4v) is 3.65. The van der Waals surface area contributed by atoms with Gasteiger partial charge in [0.05, 0.1) is 6.42 Å². The number of Topliss-reactive ketones (excluding diaryl/α,β-unsaturated/α-hetero) is 1. The molecule has 1 unspecified atom stereocenters. The van der Waals surface area contributed by atoms with Crippen LogP contribution in [-0.2, 0) is 28.8 Å². The first-order chi connectivity index (χ1) is 14.5. The number of rotatable bonds is 7. The normalized spacial score (nSPS) is 13.7. The lowest BCUT2D eigenvalue weighted by Gasteiger charge is -2.13. The largest absolute Gasteiger partial charge is 0.454 e. The zero-order chi connectivity index (χ0) is 21.1. The number of hydrogen-bond donors (Lipinski definition) is 0. The van der Waals surface area contributed by atoms with E-state index in [0.717, 1.165) is 30.4 Å². The summed E-state index contributed by atoms with van der Waals surface area (Å²) < 4.78 is 10.6. The van der Waals surface area contributed by atoms with Gasteiger partial charge in [-0.2, -0.15) is 4.98 Å². The van der Waals surface area contributed by atoms with E-state index in [1.54, 1.807) is 6.92 Å². The molecule has 6 heteroatoms. The standard InChI is InChI=1S/C24H24N2O4/c1-15-6-8-18(9-7-15)24-25-21(30-26-24)12-13-22(27)29-16(2)23(28)20-11-10-17-4-3-5-19(17)14-20/h6-11,14,16H,3-5,12-13H2,1-2H3. The van der Waals surface area contributed by atoms with Crippen LogP contribution in [-0.4, -0.2) is 28.0 Å². The average molecular weight is 404 g/mol. The molecule has 1 aliphatic carbocycles. The lowest BCUT2D eigenvalue weighted by molar-refractivity contribution is -0.146. The predicted molar refractivity (Wildman–Crippen MR) is 111 cm³/mol. The number of esters is 1. The van der Waals surface area contributed by atoms with Crippen molar-refractivity contribution < 1.29 is 18.8 Å². The van der Waals surface area contributed by atoms with Gasteiger partial charge < -0.3 is 9.26 Å². The third kappa shape index (κ3) is 4.48. The number of nitrogens with zero attached hydrogens (tertiary/aromatic N) is 2. The molecule has 4 rings (SSSR count). The van der Waals surface area contributed by atoms with Crippen molar-refractivity contribution in [2.75, 3.05) is 0 Å². The van der Waals surface area contributed by atoms with Crippen LogP contribution >= 0.6 is 0 Å². The first-order valence-corrected chi connectivity index (χ1v) is 10.2. The van der Waals surface area contributed by atoms with Gasteiger partial charge in [0.15, 0.2) is 6.10 Å². The molecule has 0 bridgehead atoms. The summed E-state index contributed by atoms with van der Waals surface area (Å²) in [5.74, 6) is 0.197. The van der Waals surface area contributed by atoms with Gasteiger partial charge in [-0.3, -0.25) is 9.59 Å². The Morgan fingerprint density at radius 2 is 1.87 bits per heavy atom. The monoisotopic (exact) mass is 404 g/mol. The highest BCUT2D eigenvalue weighted by Gasteiger charge is 2.22. The van der Waals surface area contributed by atoms with Gasteiger partial charge in [0, 0.05) is 17.5 Å². The van der Waals surface area contributed by atoms with Crippen LogP contribution in [0.4, 0.5) is 0 Å². The molecule has 0 aliphatic heterocycles. The van der Waals surface area contributed by atoms with E-state index in [4.69, 9.17) is 9.26 Å². The van der Waals surface area contributed by atoms with Crippen molar-refractivity contribution in [3.63, 3.8) is 0 Å². The van der Waals surface area contributed by atoms with Crippen LogP contribution in [0.1, 0.15) is 52.7 Å². The number of carbonyl (C=O) groups is 2. The third-order valence-corrected chi connectivity index (χ3v) is 5.38. The van der Waals surface area contributed by atoms with Crippen molar-refractivity contribution in [2.24, 2.45) is 0 Å². The fraction of sp³-hybridized carbons (Fsp3) is 0.333. The Hall–Kier alpha value is -3.28. The highest BCUT2D eigenvalue weighted by molar-refractivity contribution is 6.00. The molecule has 6 nitrogen and oxygen atoms in total. The van der Waals surface area contributed by atoms with E-state index in [2.05, 4.69) is 10.1 Å². The molecule has 0 radical (unpaired) electrons. The number of aromatic nitrogens is 2. The Morgan fingerprint density at radius 3 is 2.67 bits per heavy atom. The molecule has 0 spiro atoms. The SMILES string of the molecule is Cc1ccc(-c2noc(CCC(=O)OC(C)C(=O)c3ccc4c(c3)CCC4)n2)cc1. The first-order valence-electron chi connectivity index (χ1n) is 10.2. The molecular weight excluding hydrogens is 380 g/mol. The summed E-state index contributed by atoms with van der Waals surface area (Å²) in [5, 5.41) is 3.96. The Balaban J connectivity index is 1.30. The Bertz CT molecular complexity index is 1070. The van der Waals surface area contributed by atoms with Gasteiger partial charge in [-0.15, -0.1) is 0 Å². The summed E-state index contributed by atoms with van der Waals surface area (Å²) in [5.41, 5.74) is 5.12. The second-order valence-electron chi connectivity index (χ2n) is 7.71.